The lowest BCUT2D eigenvalue weighted by Gasteiger charge is -2.09. The number of rotatable bonds is 3. The minimum atomic E-state index is -0.508. The van der Waals surface area contributed by atoms with E-state index >= 15 is 0 Å². The van der Waals surface area contributed by atoms with E-state index in [-0.39, 0.29) is 17.9 Å². The molecule has 0 saturated carbocycles. The molecule has 0 bridgehead atoms. The summed E-state index contributed by atoms with van der Waals surface area (Å²) in [5.41, 5.74) is 0.513. The molecule has 1 aromatic carbocycles. The predicted octanol–water partition coefficient (Wildman–Crippen LogP) is 3.35. The molecule has 2 aromatic rings. The van der Waals surface area contributed by atoms with Gasteiger partial charge in [0.15, 0.2) is 11.6 Å². The molecular formula is C13H12ClF2N3. The fraction of sp³-hybridized carbons (Fsp3) is 0.231. The van der Waals surface area contributed by atoms with Crippen LogP contribution < -0.4 is 5.32 Å². The Morgan fingerprint density at radius 1 is 1.26 bits per heavy atom. The fourth-order valence-corrected chi connectivity index (χ4v) is 1.95. The summed E-state index contributed by atoms with van der Waals surface area (Å²) >= 11 is 5.94. The van der Waals surface area contributed by atoms with Crippen LogP contribution in [0.4, 0.5) is 14.6 Å². The Morgan fingerprint density at radius 2 is 2.00 bits per heavy atom. The topological polar surface area (TPSA) is 37.8 Å². The molecule has 0 amide bonds. The first-order chi connectivity index (χ1) is 9.02. The number of nitrogens with one attached hydrogen (secondary N) is 1. The molecule has 3 nitrogen and oxygen atoms in total. The van der Waals surface area contributed by atoms with Gasteiger partial charge in [0, 0.05) is 24.1 Å². The van der Waals surface area contributed by atoms with Crippen molar-refractivity contribution in [2.45, 2.75) is 13.3 Å². The lowest BCUT2D eigenvalue weighted by atomic mass is 10.1. The van der Waals surface area contributed by atoms with Crippen molar-refractivity contribution in [3.63, 3.8) is 0 Å². The Balaban J connectivity index is 2.41. The van der Waals surface area contributed by atoms with E-state index in [1.165, 1.54) is 19.1 Å². The number of aromatic nitrogens is 2. The third kappa shape index (κ3) is 2.81. The third-order valence-corrected chi connectivity index (χ3v) is 3.05. The van der Waals surface area contributed by atoms with Crippen LogP contribution in [0.5, 0.6) is 0 Å². The monoisotopic (exact) mass is 283 g/mol. The molecule has 6 heteroatoms. The molecule has 0 spiro atoms. The molecule has 0 unspecified atom stereocenters. The van der Waals surface area contributed by atoms with Crippen molar-refractivity contribution >= 4 is 17.4 Å². The minimum absolute atomic E-state index is 0.0926. The average Bonchev–Trinajstić information content (AvgIpc) is 2.38. The van der Waals surface area contributed by atoms with Gasteiger partial charge < -0.3 is 5.32 Å². The molecule has 0 aliphatic heterocycles. The van der Waals surface area contributed by atoms with Crippen molar-refractivity contribution in [3.8, 4) is 0 Å². The number of benzene rings is 1. The zero-order valence-corrected chi connectivity index (χ0v) is 11.2. The van der Waals surface area contributed by atoms with E-state index < -0.39 is 11.6 Å². The first kappa shape index (κ1) is 13.7. The quantitative estimate of drug-likeness (QED) is 0.939. The number of halogens is 3. The zero-order chi connectivity index (χ0) is 14.0. The molecule has 0 atom stereocenters. The lowest BCUT2D eigenvalue weighted by molar-refractivity contribution is 0.597. The van der Waals surface area contributed by atoms with Gasteiger partial charge in [0.2, 0.25) is 0 Å². The first-order valence-electron chi connectivity index (χ1n) is 5.66. The van der Waals surface area contributed by atoms with Crippen molar-refractivity contribution in [1.82, 2.24) is 9.97 Å². The average molecular weight is 284 g/mol. The number of anilines is 1. The van der Waals surface area contributed by atoms with E-state index in [1.807, 2.05) is 0 Å². The third-order valence-electron chi connectivity index (χ3n) is 2.70. The highest BCUT2D eigenvalue weighted by molar-refractivity contribution is 6.31. The molecule has 1 heterocycles. The van der Waals surface area contributed by atoms with E-state index in [9.17, 15) is 8.78 Å². The normalized spacial score (nSPS) is 10.6. The van der Waals surface area contributed by atoms with E-state index in [0.29, 0.717) is 16.4 Å². The molecule has 100 valence electrons. The number of hydrogen-bond donors (Lipinski definition) is 1. The highest BCUT2D eigenvalue weighted by atomic mass is 35.5. The summed E-state index contributed by atoms with van der Waals surface area (Å²) < 4.78 is 27.3. The van der Waals surface area contributed by atoms with E-state index in [0.717, 1.165) is 0 Å². The highest BCUT2D eigenvalue weighted by Gasteiger charge is 2.14. The molecule has 2 rings (SSSR count). The smallest absolute Gasteiger partial charge is 0.186 e. The SMILES string of the molecule is CNc1nc(Cc2c(F)cccc2Cl)nc(C)c1F. The van der Waals surface area contributed by atoms with Crippen LogP contribution in [-0.4, -0.2) is 17.0 Å². The van der Waals surface area contributed by atoms with Gasteiger partial charge in [-0.2, -0.15) is 0 Å². The molecular weight excluding hydrogens is 272 g/mol. The van der Waals surface area contributed by atoms with E-state index in [1.54, 1.807) is 13.1 Å². The minimum Gasteiger partial charge on any atom is -0.371 e. The van der Waals surface area contributed by atoms with Gasteiger partial charge >= 0.3 is 0 Å². The number of hydrogen-bond acceptors (Lipinski definition) is 3. The van der Waals surface area contributed by atoms with Crippen molar-refractivity contribution in [1.29, 1.82) is 0 Å². The summed E-state index contributed by atoms with van der Waals surface area (Å²) in [6.45, 7) is 1.53. The second-order valence-electron chi connectivity index (χ2n) is 4.01. The molecule has 0 radical (unpaired) electrons. The van der Waals surface area contributed by atoms with Crippen LogP contribution >= 0.6 is 11.6 Å². The Hall–Kier alpha value is -1.75. The van der Waals surface area contributed by atoms with Crippen molar-refractivity contribution in [2.24, 2.45) is 0 Å². The zero-order valence-electron chi connectivity index (χ0n) is 10.5. The van der Waals surface area contributed by atoms with Crippen LogP contribution in [0.2, 0.25) is 5.02 Å². The Kier molecular flexibility index (Phi) is 3.95. The van der Waals surface area contributed by atoms with Crippen LogP contribution in [0.3, 0.4) is 0 Å². The highest BCUT2D eigenvalue weighted by Crippen LogP contribution is 2.22. The maximum Gasteiger partial charge on any atom is 0.186 e. The lowest BCUT2D eigenvalue weighted by Crippen LogP contribution is -2.07. The standard InChI is InChI=1S/C13H12ClF2N3/c1-7-12(16)13(17-2)19-11(18-7)6-8-9(14)4-3-5-10(8)15/h3-5H,6H2,1-2H3,(H,17,18,19). The van der Waals surface area contributed by atoms with Crippen molar-refractivity contribution in [3.05, 3.63) is 51.9 Å². The van der Waals surface area contributed by atoms with Crippen LogP contribution in [-0.2, 0) is 6.42 Å². The predicted molar refractivity (Wildman–Crippen MR) is 70.5 cm³/mol. The first-order valence-corrected chi connectivity index (χ1v) is 6.04. The van der Waals surface area contributed by atoms with Gasteiger partial charge in [0.25, 0.3) is 0 Å². The van der Waals surface area contributed by atoms with Crippen LogP contribution in [0.1, 0.15) is 17.1 Å². The molecule has 1 aromatic heterocycles. The molecule has 0 aliphatic carbocycles. The molecule has 0 saturated heterocycles. The van der Waals surface area contributed by atoms with E-state index in [4.69, 9.17) is 11.6 Å². The van der Waals surface area contributed by atoms with Crippen LogP contribution in [0.25, 0.3) is 0 Å². The number of nitrogens with zero attached hydrogens (tertiary/aromatic N) is 2. The van der Waals surface area contributed by atoms with Crippen LogP contribution in [0, 0.1) is 18.6 Å². The van der Waals surface area contributed by atoms with Crippen molar-refractivity contribution in [2.75, 3.05) is 12.4 Å². The molecule has 19 heavy (non-hydrogen) atoms. The summed E-state index contributed by atoms with van der Waals surface area (Å²) in [4.78, 5) is 8.01. The van der Waals surface area contributed by atoms with E-state index in [2.05, 4.69) is 15.3 Å². The second-order valence-corrected chi connectivity index (χ2v) is 4.42. The second kappa shape index (κ2) is 5.48. The summed E-state index contributed by atoms with van der Waals surface area (Å²) in [5, 5.41) is 2.94. The maximum atomic E-state index is 13.7. The summed E-state index contributed by atoms with van der Waals surface area (Å²) in [7, 11) is 1.56. The van der Waals surface area contributed by atoms with Crippen molar-refractivity contribution < 1.29 is 8.78 Å². The summed E-state index contributed by atoms with van der Waals surface area (Å²) in [6, 6.07) is 4.43. The van der Waals surface area contributed by atoms with Gasteiger partial charge in [0.1, 0.15) is 11.6 Å². The Morgan fingerprint density at radius 3 is 2.63 bits per heavy atom. The molecule has 0 aliphatic rings. The van der Waals surface area contributed by atoms with Gasteiger partial charge in [-0.15, -0.1) is 0 Å². The summed E-state index contributed by atoms with van der Waals surface area (Å²) in [6.07, 6.45) is 0.112. The van der Waals surface area contributed by atoms with Gasteiger partial charge in [-0.05, 0) is 19.1 Å². The number of aryl methyl sites for hydroxylation is 1. The Bertz CT molecular complexity index is 597. The largest absolute Gasteiger partial charge is 0.371 e. The van der Waals surface area contributed by atoms with Gasteiger partial charge in [-0.25, -0.2) is 18.7 Å². The maximum absolute atomic E-state index is 13.7. The van der Waals surface area contributed by atoms with Gasteiger partial charge in [-0.3, -0.25) is 0 Å². The molecule has 1 N–H and O–H groups in total. The Labute approximate surface area is 114 Å². The van der Waals surface area contributed by atoms with Gasteiger partial charge in [-0.1, -0.05) is 17.7 Å². The molecule has 0 fully saturated rings. The van der Waals surface area contributed by atoms with Crippen LogP contribution in [0.15, 0.2) is 18.2 Å². The summed E-state index contributed by atoms with van der Waals surface area (Å²) in [5.74, 6) is -0.528. The van der Waals surface area contributed by atoms with Gasteiger partial charge in [0.05, 0.1) is 5.69 Å². The fourth-order valence-electron chi connectivity index (χ4n) is 1.72.